The van der Waals surface area contributed by atoms with Crippen LogP contribution in [-0.4, -0.2) is 55.0 Å². The second kappa shape index (κ2) is 9.69. The summed E-state index contributed by atoms with van der Waals surface area (Å²) in [4.78, 5) is 26.5. The second-order valence-electron chi connectivity index (χ2n) is 9.34. The van der Waals surface area contributed by atoms with Crippen LogP contribution in [0.4, 0.5) is 0 Å². The van der Waals surface area contributed by atoms with Crippen LogP contribution in [0.3, 0.4) is 0 Å². The SMILES string of the molecule is CC(=O)N1CCC(c2nc(C3=NOC(c4cccc5c4CCC/C5=N\NS(C)(=O)=O)C3)cs2)CC1. The minimum atomic E-state index is -3.41. The maximum absolute atomic E-state index is 11.6. The zero-order chi connectivity index (χ0) is 24.6. The Labute approximate surface area is 209 Å². The lowest BCUT2D eigenvalue weighted by Gasteiger charge is -2.30. The first-order valence-corrected chi connectivity index (χ1v) is 14.6. The van der Waals surface area contributed by atoms with Crippen LogP contribution in [0, 0.1) is 0 Å². The smallest absolute Gasteiger partial charge is 0.244 e. The zero-order valence-corrected chi connectivity index (χ0v) is 21.5. The Kier molecular flexibility index (Phi) is 6.63. The van der Waals surface area contributed by atoms with Crippen LogP contribution in [0.5, 0.6) is 0 Å². The molecule has 1 fully saturated rings. The topological polar surface area (TPSA) is 113 Å². The van der Waals surface area contributed by atoms with Gasteiger partial charge in [-0.05, 0) is 43.2 Å². The first-order valence-electron chi connectivity index (χ1n) is 11.9. The van der Waals surface area contributed by atoms with E-state index in [1.165, 1.54) is 0 Å². The van der Waals surface area contributed by atoms with E-state index in [0.717, 1.165) is 90.3 Å². The molecule has 2 aliphatic heterocycles. The van der Waals surface area contributed by atoms with Crippen LogP contribution in [0.1, 0.15) is 78.4 Å². The minimum absolute atomic E-state index is 0.139. The molecule has 35 heavy (non-hydrogen) atoms. The lowest BCUT2D eigenvalue weighted by atomic mass is 9.84. The number of rotatable bonds is 5. The number of aromatic nitrogens is 1. The highest BCUT2D eigenvalue weighted by Gasteiger charge is 2.31. The monoisotopic (exact) mass is 515 g/mol. The molecule has 2 aromatic rings. The Morgan fingerprint density at radius 3 is 2.80 bits per heavy atom. The number of sulfonamides is 1. The number of carbonyl (C=O) groups excluding carboxylic acids is 1. The summed E-state index contributed by atoms with van der Waals surface area (Å²) in [6.45, 7) is 3.19. The van der Waals surface area contributed by atoms with Crippen molar-refractivity contribution >= 4 is 38.7 Å². The van der Waals surface area contributed by atoms with Crippen molar-refractivity contribution < 1.29 is 18.0 Å². The Morgan fingerprint density at radius 1 is 1.26 bits per heavy atom. The molecule has 0 saturated carbocycles. The van der Waals surface area contributed by atoms with E-state index in [-0.39, 0.29) is 12.0 Å². The van der Waals surface area contributed by atoms with Crippen molar-refractivity contribution in [3.8, 4) is 0 Å². The third kappa shape index (κ3) is 5.25. The number of nitrogens with one attached hydrogen (secondary N) is 1. The van der Waals surface area contributed by atoms with Gasteiger partial charge in [-0.15, -0.1) is 11.3 Å². The molecule has 3 aliphatic rings. The van der Waals surface area contributed by atoms with Crippen LogP contribution in [0.25, 0.3) is 0 Å². The number of hydrogen-bond acceptors (Lipinski definition) is 8. The summed E-state index contributed by atoms with van der Waals surface area (Å²) in [6.07, 6.45) is 5.91. The van der Waals surface area contributed by atoms with Crippen molar-refractivity contribution in [1.82, 2.24) is 14.7 Å². The average Bonchev–Trinajstić information content (AvgIpc) is 3.52. The summed E-state index contributed by atoms with van der Waals surface area (Å²) in [5.41, 5.74) is 5.64. The van der Waals surface area contributed by atoms with Gasteiger partial charge in [-0.25, -0.2) is 18.2 Å². The fourth-order valence-electron chi connectivity index (χ4n) is 5.02. The predicted molar refractivity (Wildman–Crippen MR) is 135 cm³/mol. The molecule has 1 aromatic heterocycles. The Balaban J connectivity index is 1.29. The van der Waals surface area contributed by atoms with Gasteiger partial charge >= 0.3 is 0 Å². The van der Waals surface area contributed by atoms with Crippen LogP contribution in [0.2, 0.25) is 0 Å². The normalized spacial score (nSPS) is 22.0. The van der Waals surface area contributed by atoms with Crippen molar-refractivity contribution in [2.24, 2.45) is 10.3 Å². The second-order valence-corrected chi connectivity index (χ2v) is 12.0. The molecule has 1 aliphatic carbocycles. The molecule has 11 heteroatoms. The van der Waals surface area contributed by atoms with Gasteiger partial charge in [-0.2, -0.15) is 5.10 Å². The fraction of sp³-hybridized carbons (Fsp3) is 0.500. The number of nitrogens with zero attached hydrogens (tertiary/aromatic N) is 4. The molecule has 186 valence electrons. The summed E-state index contributed by atoms with van der Waals surface area (Å²) in [5, 5.41) is 11.7. The maximum Gasteiger partial charge on any atom is 0.244 e. The molecule has 3 heterocycles. The number of piperidine rings is 1. The Hall–Kier alpha value is -2.79. The van der Waals surface area contributed by atoms with E-state index in [1.807, 2.05) is 17.0 Å². The summed E-state index contributed by atoms with van der Waals surface area (Å²) in [7, 11) is -3.41. The summed E-state index contributed by atoms with van der Waals surface area (Å²) in [5.74, 6) is 0.516. The van der Waals surface area contributed by atoms with Gasteiger partial charge in [0.15, 0.2) is 6.10 Å². The number of carbonyl (C=O) groups is 1. The number of benzene rings is 1. The minimum Gasteiger partial charge on any atom is -0.387 e. The van der Waals surface area contributed by atoms with Gasteiger partial charge in [0.2, 0.25) is 15.9 Å². The van der Waals surface area contributed by atoms with Crippen LogP contribution in [-0.2, 0) is 26.1 Å². The molecule has 5 rings (SSSR count). The first kappa shape index (κ1) is 23.9. The molecule has 0 radical (unpaired) electrons. The molecular weight excluding hydrogens is 486 g/mol. The summed E-state index contributed by atoms with van der Waals surface area (Å²) in [6, 6.07) is 6.01. The molecule has 0 spiro atoms. The third-order valence-electron chi connectivity index (χ3n) is 6.83. The van der Waals surface area contributed by atoms with Crippen molar-refractivity contribution in [3.05, 3.63) is 51.0 Å². The standard InChI is InChI=1S/C24H29N5O4S2/c1-15(30)29-11-9-16(10-12-29)24-25-22(14-34-24)21-13-23(33-27-21)19-7-3-6-18-17(19)5-4-8-20(18)26-28-35(2,31)32/h3,6-7,14,16,23,28H,4-5,8-13H2,1-2H3/b26-20+. The van der Waals surface area contributed by atoms with E-state index in [2.05, 4.69) is 26.5 Å². The van der Waals surface area contributed by atoms with Crippen molar-refractivity contribution in [2.75, 3.05) is 19.3 Å². The lowest BCUT2D eigenvalue weighted by Crippen LogP contribution is -2.36. The molecule has 0 bridgehead atoms. The van der Waals surface area contributed by atoms with E-state index in [9.17, 15) is 13.2 Å². The van der Waals surface area contributed by atoms with Gasteiger partial charge in [-0.1, -0.05) is 23.4 Å². The van der Waals surface area contributed by atoms with Gasteiger partial charge in [-0.3, -0.25) is 4.79 Å². The summed E-state index contributed by atoms with van der Waals surface area (Å²) >= 11 is 1.66. The molecule has 1 atom stereocenters. The average molecular weight is 516 g/mol. The van der Waals surface area contributed by atoms with Gasteiger partial charge in [0.1, 0.15) is 5.71 Å². The van der Waals surface area contributed by atoms with Gasteiger partial charge in [0.05, 0.1) is 22.7 Å². The largest absolute Gasteiger partial charge is 0.387 e. The maximum atomic E-state index is 11.6. The zero-order valence-electron chi connectivity index (χ0n) is 19.9. The number of hydrogen-bond donors (Lipinski definition) is 1. The number of fused-ring (bicyclic) bond motifs is 1. The van der Waals surface area contributed by atoms with Gasteiger partial charge in [0.25, 0.3) is 0 Å². The molecule has 1 N–H and O–H groups in total. The van der Waals surface area contributed by atoms with Crippen molar-refractivity contribution in [2.45, 2.75) is 57.5 Å². The van der Waals surface area contributed by atoms with E-state index < -0.39 is 10.0 Å². The van der Waals surface area contributed by atoms with Crippen molar-refractivity contribution in [3.63, 3.8) is 0 Å². The number of likely N-dealkylation sites (tertiary alicyclic amines) is 1. The highest BCUT2D eigenvalue weighted by molar-refractivity contribution is 7.88. The highest BCUT2D eigenvalue weighted by atomic mass is 32.2. The van der Waals surface area contributed by atoms with Gasteiger partial charge in [0, 0.05) is 43.3 Å². The van der Waals surface area contributed by atoms with E-state index in [0.29, 0.717) is 12.3 Å². The number of amides is 1. The summed E-state index contributed by atoms with van der Waals surface area (Å²) < 4.78 is 23.0. The van der Waals surface area contributed by atoms with E-state index in [4.69, 9.17) is 9.82 Å². The van der Waals surface area contributed by atoms with Gasteiger partial charge < -0.3 is 9.74 Å². The van der Waals surface area contributed by atoms with E-state index >= 15 is 0 Å². The fourth-order valence-corrected chi connectivity index (χ4v) is 6.30. The molecule has 1 unspecified atom stereocenters. The molecule has 1 saturated heterocycles. The van der Waals surface area contributed by atoms with Crippen LogP contribution in [0.15, 0.2) is 33.8 Å². The van der Waals surface area contributed by atoms with E-state index in [1.54, 1.807) is 18.3 Å². The van der Waals surface area contributed by atoms with Crippen LogP contribution < -0.4 is 4.83 Å². The Morgan fingerprint density at radius 2 is 2.06 bits per heavy atom. The number of thiazole rings is 1. The number of oxime groups is 1. The Bertz CT molecular complexity index is 1290. The van der Waals surface area contributed by atoms with Crippen molar-refractivity contribution in [1.29, 1.82) is 0 Å². The molecule has 1 amide bonds. The quantitative estimate of drug-likeness (QED) is 0.614. The predicted octanol–water partition coefficient (Wildman–Crippen LogP) is 3.32. The third-order valence-corrected chi connectivity index (χ3v) is 8.26. The van der Waals surface area contributed by atoms with Crippen LogP contribution >= 0.6 is 11.3 Å². The first-order chi connectivity index (χ1) is 16.8. The molecule has 9 nitrogen and oxygen atoms in total. The molecule has 1 aromatic carbocycles. The lowest BCUT2D eigenvalue weighted by molar-refractivity contribution is -0.129. The number of hydrazone groups is 1. The highest BCUT2D eigenvalue weighted by Crippen LogP contribution is 2.37. The molecular formula is C24H29N5O4S2.